The van der Waals surface area contributed by atoms with Crippen LogP contribution in [0.15, 0.2) is 25.0 Å². The Kier molecular flexibility index (Phi) is 42.4. The van der Waals surface area contributed by atoms with Crippen LogP contribution in [0.3, 0.4) is 0 Å². The Bertz CT molecular complexity index is 2520. The van der Waals surface area contributed by atoms with Crippen molar-refractivity contribution in [3.63, 3.8) is 0 Å². The second kappa shape index (κ2) is 47.4. The van der Waals surface area contributed by atoms with E-state index in [1.165, 1.54) is 0 Å². The Labute approximate surface area is 533 Å². The highest BCUT2D eigenvalue weighted by atomic mass is 16.4. The molecule has 0 saturated heterocycles. The molecule has 0 aliphatic carbocycles. The third-order valence-electron chi connectivity index (χ3n) is 13.4. The van der Waals surface area contributed by atoms with Crippen LogP contribution in [0, 0.1) is 0 Å². The molecule has 0 rings (SSSR count). The fourth-order valence-corrected chi connectivity index (χ4v) is 8.55. The number of hydrogen-bond donors (Lipinski definition) is 24. The first-order chi connectivity index (χ1) is 43.4. The maximum atomic E-state index is 14.5. The molecule has 39 N–H and O–H groups in total. The summed E-state index contributed by atoms with van der Waals surface area (Å²) < 4.78 is 0. The van der Waals surface area contributed by atoms with Crippen molar-refractivity contribution in [2.24, 2.45) is 111 Å². The predicted octanol–water partition coefficient (Wildman–Crippen LogP) is -10.7. The Balaban J connectivity index is 7.34. The zero-order chi connectivity index (χ0) is 69.7. The number of rotatable bonds is 51. The molecule has 40 heteroatoms. The topological polar surface area (TPSA) is 756 Å². The van der Waals surface area contributed by atoms with Crippen LogP contribution in [0.4, 0.5) is 0 Å². The quantitative estimate of drug-likeness (QED) is 0.0153. The molecule has 40 nitrogen and oxygen atoms in total. The number of unbranched alkanes of at least 4 members (excludes halogenated alkanes) is 2. The van der Waals surface area contributed by atoms with Gasteiger partial charge in [-0.15, -0.1) is 0 Å². The van der Waals surface area contributed by atoms with Crippen molar-refractivity contribution in [2.75, 3.05) is 45.8 Å². The number of guanidine groups is 5. The molecule has 0 spiro atoms. The minimum absolute atomic E-state index is 0.0125. The van der Waals surface area contributed by atoms with Crippen LogP contribution >= 0.6 is 0 Å². The van der Waals surface area contributed by atoms with Gasteiger partial charge in [0.2, 0.25) is 59.1 Å². The maximum absolute atomic E-state index is 14.5. The molecule has 0 aliphatic rings. The van der Waals surface area contributed by atoms with Crippen LogP contribution in [0.25, 0.3) is 0 Å². The van der Waals surface area contributed by atoms with Crippen molar-refractivity contribution in [3.05, 3.63) is 0 Å². The number of nitrogens with zero attached hydrogens (tertiary/aromatic N) is 5. The van der Waals surface area contributed by atoms with E-state index in [2.05, 4.69) is 67.5 Å². The molecule has 0 aromatic carbocycles. The van der Waals surface area contributed by atoms with E-state index in [0.717, 1.165) is 0 Å². The number of carboxylic acid groups (broad SMARTS) is 1. The molecule has 0 aliphatic heterocycles. The SMILES string of the molecule is NCCCC[C@H](NC(=O)[C@H](N)CCCN=C(N)N)C(=O)N[C@@H](CCCCN)C(=O)N[C@@H](CCC(N)=O)C(=O)N[C@H](CCCN=C(N)N)C(=O)N[C@@H](CCC(N)=O)C(=O)N[C@@H](CCCN=C(N)N)C(=O)N[C@@H](CCCN=C(N)N)C(=O)N[C@H](CCCN=C(N)N)C(=O)O. The monoisotopic (exact) mass is 1310 g/mol. The lowest BCUT2D eigenvalue weighted by Crippen LogP contribution is -2.60. The van der Waals surface area contributed by atoms with E-state index in [9.17, 15) is 57.8 Å². The summed E-state index contributed by atoms with van der Waals surface area (Å²) in [6.07, 6.45) is -0.554. The number of carbonyl (C=O) groups excluding carboxylic acids is 10. The lowest BCUT2D eigenvalue weighted by atomic mass is 10.0. The summed E-state index contributed by atoms with van der Waals surface area (Å²) in [6, 6.07) is -13.2. The Morgan fingerprint density at radius 1 is 0.283 bits per heavy atom. The highest BCUT2D eigenvalue weighted by molar-refractivity contribution is 5.98. The highest BCUT2D eigenvalue weighted by Crippen LogP contribution is 2.12. The van der Waals surface area contributed by atoms with Gasteiger partial charge < -0.3 is 134 Å². The normalized spacial score (nSPS) is 13.7. The largest absolute Gasteiger partial charge is 0.480 e. The number of carboxylic acids is 1. The number of amides is 10. The lowest BCUT2D eigenvalue weighted by Gasteiger charge is -2.28. The molecule has 0 saturated carbocycles. The third kappa shape index (κ3) is 39.4. The van der Waals surface area contributed by atoms with Crippen molar-refractivity contribution >= 4 is 94.8 Å². The predicted molar refractivity (Wildman–Crippen MR) is 343 cm³/mol. The zero-order valence-corrected chi connectivity index (χ0v) is 52.1. The molecule has 0 bridgehead atoms. The average molecular weight is 1310 g/mol. The summed E-state index contributed by atoms with van der Waals surface area (Å²) in [5, 5.41) is 30.2. The van der Waals surface area contributed by atoms with Gasteiger partial charge in [0, 0.05) is 45.6 Å². The standard InChI is InChI=1S/C52H102N28O12/c53-21-3-1-11-29(73-39(83)28(55)10-5-23-68-48(58)59)40(84)74-30(12-2-4-22-54)41(85)78-34(17-19-37(56)81)45(89)77-32(14-7-25-70-50(62)63)43(87)79-35(18-20-38(57)82)46(90)76-31(13-6-24-69-49(60)61)42(86)75-33(15-8-26-71-51(64)65)44(88)80-36(47(91)92)16-9-27-72-52(66)67/h28-36H,1-27,53-55H2,(H2,56,81)(H2,57,82)(H,73,83)(H,74,84)(H,75,86)(H,76,90)(H,77,89)(H,78,85)(H,79,87)(H,80,88)(H,91,92)(H4,58,59,68)(H4,60,61,69)(H4,62,63,70)(H4,64,65,71)(H4,66,67,72)/t28-,29+,30+,31+,32-,33+,34+,35+,36-/m1/s1. The molecule has 0 radical (unpaired) electrons. The van der Waals surface area contributed by atoms with Gasteiger partial charge in [0.05, 0.1) is 6.04 Å². The van der Waals surface area contributed by atoms with Gasteiger partial charge in [0.1, 0.15) is 48.3 Å². The summed E-state index contributed by atoms with van der Waals surface area (Å²) in [7, 11) is 0. The van der Waals surface area contributed by atoms with E-state index < -0.39 is 145 Å². The average Bonchev–Trinajstić information content (AvgIpc) is 1.07. The summed E-state index contributed by atoms with van der Waals surface area (Å²) >= 11 is 0. The molecule has 92 heavy (non-hydrogen) atoms. The van der Waals surface area contributed by atoms with Crippen molar-refractivity contribution in [3.8, 4) is 0 Å². The second-order valence-corrected chi connectivity index (χ2v) is 21.3. The Hall–Kier alpha value is -9.60. The minimum atomic E-state index is -1.71. The number of carbonyl (C=O) groups is 11. The van der Waals surface area contributed by atoms with Gasteiger partial charge in [-0.3, -0.25) is 72.9 Å². The first-order valence-electron chi connectivity index (χ1n) is 30.1. The summed E-state index contributed by atoms with van der Waals surface area (Å²) in [5.41, 5.74) is 83.1. The van der Waals surface area contributed by atoms with Crippen molar-refractivity contribution in [1.29, 1.82) is 0 Å². The van der Waals surface area contributed by atoms with Crippen LogP contribution in [0.1, 0.15) is 128 Å². The molecule has 0 aromatic rings. The van der Waals surface area contributed by atoms with E-state index >= 15 is 0 Å². The van der Waals surface area contributed by atoms with Crippen LogP contribution < -0.4 is 129 Å². The molecule has 0 heterocycles. The number of primary amides is 2. The highest BCUT2D eigenvalue weighted by Gasteiger charge is 2.35. The number of aliphatic carboxylic acids is 1. The maximum Gasteiger partial charge on any atom is 0.326 e. The first kappa shape index (κ1) is 82.4. The molecule has 0 unspecified atom stereocenters. The molecular formula is C52H102N28O12. The van der Waals surface area contributed by atoms with E-state index in [1.54, 1.807) is 0 Å². The molecule has 0 fully saturated rings. The molecule has 9 atom stereocenters. The van der Waals surface area contributed by atoms with Crippen molar-refractivity contribution in [2.45, 2.75) is 183 Å². The van der Waals surface area contributed by atoms with E-state index in [-0.39, 0.29) is 153 Å². The van der Waals surface area contributed by atoms with Crippen LogP contribution in [-0.4, -0.2) is 200 Å². The second-order valence-electron chi connectivity index (χ2n) is 21.3. The molecular weight excluding hydrogens is 1210 g/mol. The van der Waals surface area contributed by atoms with Gasteiger partial charge >= 0.3 is 5.97 Å². The van der Waals surface area contributed by atoms with Gasteiger partial charge in [-0.05, 0) is 129 Å². The fourth-order valence-electron chi connectivity index (χ4n) is 8.55. The number of nitrogens with one attached hydrogen (secondary N) is 8. The smallest absolute Gasteiger partial charge is 0.326 e. The van der Waals surface area contributed by atoms with Crippen LogP contribution in [0.5, 0.6) is 0 Å². The fraction of sp³-hybridized carbons (Fsp3) is 0.692. The van der Waals surface area contributed by atoms with Crippen LogP contribution in [0.2, 0.25) is 0 Å². The van der Waals surface area contributed by atoms with Gasteiger partial charge in [-0.25, -0.2) is 4.79 Å². The minimum Gasteiger partial charge on any atom is -0.480 e. The Morgan fingerprint density at radius 3 is 0.717 bits per heavy atom. The van der Waals surface area contributed by atoms with Gasteiger partial charge in [0.15, 0.2) is 29.8 Å². The number of aliphatic imine (C=N–C) groups is 5. The van der Waals surface area contributed by atoms with Gasteiger partial charge in [-0.2, -0.15) is 0 Å². The summed E-state index contributed by atoms with van der Waals surface area (Å²) in [5.74, 6) is -12.1. The van der Waals surface area contributed by atoms with E-state index in [1.807, 2.05) is 0 Å². The third-order valence-corrected chi connectivity index (χ3v) is 13.4. The van der Waals surface area contributed by atoms with Gasteiger partial charge in [0.25, 0.3) is 0 Å². The first-order valence-corrected chi connectivity index (χ1v) is 30.1. The molecule has 522 valence electrons. The molecule has 0 aromatic heterocycles. The number of hydrogen-bond acceptors (Lipinski definition) is 19. The zero-order valence-electron chi connectivity index (χ0n) is 52.1. The number of nitrogens with two attached hydrogens (primary N) is 15. The molecule has 10 amide bonds. The van der Waals surface area contributed by atoms with E-state index in [0.29, 0.717) is 25.7 Å². The summed E-state index contributed by atoms with van der Waals surface area (Å²) in [4.78, 5) is 169. The van der Waals surface area contributed by atoms with E-state index in [4.69, 9.17) is 86.0 Å². The lowest BCUT2D eigenvalue weighted by molar-refractivity contribution is -0.142. The van der Waals surface area contributed by atoms with Gasteiger partial charge in [-0.1, -0.05) is 0 Å². The van der Waals surface area contributed by atoms with Crippen molar-refractivity contribution < 1.29 is 57.8 Å². The van der Waals surface area contributed by atoms with Crippen molar-refractivity contribution in [1.82, 2.24) is 42.5 Å². The van der Waals surface area contributed by atoms with Crippen LogP contribution in [-0.2, 0) is 52.7 Å². The summed E-state index contributed by atoms with van der Waals surface area (Å²) in [6.45, 7) is 0.488. The Morgan fingerprint density at radius 2 is 0.489 bits per heavy atom.